The highest BCUT2D eigenvalue weighted by Crippen LogP contribution is 2.34. The van der Waals surface area contributed by atoms with Crippen molar-refractivity contribution in [2.75, 3.05) is 10.5 Å². The summed E-state index contributed by atoms with van der Waals surface area (Å²) in [7, 11) is -5.86. The van der Waals surface area contributed by atoms with E-state index in [4.69, 9.17) is 10.4 Å². The first kappa shape index (κ1) is 17.5. The van der Waals surface area contributed by atoms with Gasteiger partial charge in [0.2, 0.25) is 0 Å². The first-order chi connectivity index (χ1) is 11.6. The van der Waals surface area contributed by atoms with E-state index in [1.807, 2.05) is 4.72 Å². The van der Waals surface area contributed by atoms with Gasteiger partial charge in [0, 0.05) is 5.69 Å². The van der Waals surface area contributed by atoms with Crippen LogP contribution in [0, 0.1) is 0 Å². The molecule has 1 aliphatic heterocycles. The highest BCUT2D eigenvalue weighted by molar-refractivity contribution is 7.92. The van der Waals surface area contributed by atoms with Gasteiger partial charge in [-0.1, -0.05) is 6.07 Å². The van der Waals surface area contributed by atoms with Gasteiger partial charge in [-0.25, -0.2) is 4.98 Å². The molecule has 0 fully saturated rings. The molecular weight excluding hydrogens is 362 g/mol. The molecule has 0 atom stereocenters. The van der Waals surface area contributed by atoms with Crippen LogP contribution in [0.25, 0.3) is 0 Å². The van der Waals surface area contributed by atoms with Crippen LogP contribution in [0.3, 0.4) is 0 Å². The molecule has 4 N–H and O–H groups in total. The van der Waals surface area contributed by atoms with Gasteiger partial charge in [-0.2, -0.15) is 21.6 Å². The molecule has 0 amide bonds. The largest absolute Gasteiger partial charge is 0.491 e. The molecule has 0 bridgehead atoms. The number of nitrogens with zero attached hydrogens (tertiary/aromatic N) is 1. The van der Waals surface area contributed by atoms with Gasteiger partial charge < -0.3 is 15.4 Å². The lowest BCUT2D eigenvalue weighted by Gasteiger charge is -2.14. The first-order valence-corrected chi connectivity index (χ1v) is 8.34. The van der Waals surface area contributed by atoms with Crippen LogP contribution in [-0.4, -0.2) is 25.5 Å². The van der Waals surface area contributed by atoms with Gasteiger partial charge in [-0.3, -0.25) is 4.72 Å². The zero-order valence-electron chi connectivity index (χ0n) is 12.4. The maximum atomic E-state index is 13.1. The summed E-state index contributed by atoms with van der Waals surface area (Å²) < 4.78 is 71.0. The number of alkyl halides is 3. The van der Waals surface area contributed by atoms with Crippen molar-refractivity contribution in [3.05, 3.63) is 41.6 Å². The van der Waals surface area contributed by atoms with Crippen LogP contribution in [-0.2, 0) is 27.5 Å². The topological polar surface area (TPSA) is 115 Å². The van der Waals surface area contributed by atoms with Crippen LogP contribution in [0.2, 0.25) is 0 Å². The van der Waals surface area contributed by atoms with Crippen molar-refractivity contribution >= 4 is 34.0 Å². The minimum Gasteiger partial charge on any atom is -0.423 e. The second-order valence-corrected chi connectivity index (χ2v) is 6.90. The fourth-order valence-corrected chi connectivity index (χ4v) is 3.56. The summed E-state index contributed by atoms with van der Waals surface area (Å²) in [5.74, 6) is 0. The average Bonchev–Trinajstić information content (AvgIpc) is 2.87. The van der Waals surface area contributed by atoms with Crippen molar-refractivity contribution in [3.8, 4) is 0 Å². The lowest BCUT2D eigenvalue weighted by molar-refractivity contribution is -0.140. The Labute approximate surface area is 140 Å². The van der Waals surface area contributed by atoms with Crippen molar-refractivity contribution in [2.24, 2.45) is 0 Å². The van der Waals surface area contributed by atoms with Crippen molar-refractivity contribution < 1.29 is 31.3 Å². The Morgan fingerprint density at radius 1 is 1.32 bits per heavy atom. The first-order valence-electron chi connectivity index (χ1n) is 6.86. The predicted octanol–water partition coefficient (Wildman–Crippen LogP) is 0.701. The van der Waals surface area contributed by atoms with E-state index in [1.165, 1.54) is 18.2 Å². The van der Waals surface area contributed by atoms with Crippen LogP contribution >= 0.6 is 0 Å². The fraction of sp³-hybridized carbons (Fsp3) is 0.154. The van der Waals surface area contributed by atoms with Crippen LogP contribution < -0.4 is 15.9 Å². The number of nitrogens with two attached hydrogens (primary N) is 1. The Hall–Kier alpha value is -2.31. The third kappa shape index (κ3) is 3.41. The van der Waals surface area contributed by atoms with Crippen molar-refractivity contribution in [2.45, 2.75) is 17.8 Å². The smallest absolute Gasteiger partial charge is 0.423 e. The van der Waals surface area contributed by atoms with Gasteiger partial charge in [0.15, 0.2) is 5.03 Å². The summed E-state index contributed by atoms with van der Waals surface area (Å²) in [6, 6.07) is 4.64. The Morgan fingerprint density at radius 3 is 2.72 bits per heavy atom. The number of sulfonamides is 1. The summed E-state index contributed by atoms with van der Waals surface area (Å²) >= 11 is 0. The summed E-state index contributed by atoms with van der Waals surface area (Å²) in [6.45, 7) is 0.154. The molecule has 2 heterocycles. The molecule has 1 aliphatic rings. The van der Waals surface area contributed by atoms with E-state index < -0.39 is 33.9 Å². The fourth-order valence-electron chi connectivity index (χ4n) is 2.37. The van der Waals surface area contributed by atoms with Crippen molar-refractivity contribution in [1.29, 1.82) is 0 Å². The van der Waals surface area contributed by atoms with Gasteiger partial charge in [0.1, 0.15) is 0 Å². The number of hydrogen-bond acceptors (Lipinski definition) is 6. The molecule has 1 aromatic heterocycles. The Morgan fingerprint density at radius 2 is 2.04 bits per heavy atom. The third-order valence-corrected chi connectivity index (χ3v) is 4.83. The standard InChI is InChI=1S/C13H11BF3N3O4S/c15-13(16,17)10-3-8(18)5-19-12(10)25(22,23)20-9-2-1-7-6-24-14(21)11(7)4-9/h1-5,20-21H,6,18H2. The monoisotopic (exact) mass is 373 g/mol. The lowest BCUT2D eigenvalue weighted by Crippen LogP contribution is -2.28. The quantitative estimate of drug-likeness (QED) is 0.683. The lowest BCUT2D eigenvalue weighted by atomic mass is 9.79. The number of nitrogens with one attached hydrogen (secondary N) is 1. The van der Waals surface area contributed by atoms with E-state index in [0.29, 0.717) is 17.1 Å². The maximum absolute atomic E-state index is 13.1. The molecule has 2 aromatic rings. The Bertz CT molecular complexity index is 937. The number of nitrogen functional groups attached to an aromatic ring is 1. The molecule has 0 aliphatic carbocycles. The van der Waals surface area contributed by atoms with Crippen LogP contribution in [0.15, 0.2) is 35.5 Å². The van der Waals surface area contributed by atoms with Crippen LogP contribution in [0.5, 0.6) is 0 Å². The van der Waals surface area contributed by atoms with E-state index in [-0.39, 0.29) is 18.0 Å². The SMILES string of the molecule is Nc1cnc(S(=O)(=O)Nc2ccc3c(c2)B(O)OC3)c(C(F)(F)F)c1. The molecule has 0 unspecified atom stereocenters. The number of anilines is 2. The molecule has 3 rings (SSSR count). The third-order valence-electron chi connectivity index (χ3n) is 3.49. The van der Waals surface area contributed by atoms with Crippen LogP contribution in [0.4, 0.5) is 24.5 Å². The molecule has 0 radical (unpaired) electrons. The number of benzene rings is 1. The Balaban J connectivity index is 2.00. The molecule has 1 aromatic carbocycles. The molecule has 7 nitrogen and oxygen atoms in total. The molecule has 12 heteroatoms. The van der Waals surface area contributed by atoms with Gasteiger partial charge in [-0.05, 0) is 29.2 Å². The average molecular weight is 373 g/mol. The number of rotatable bonds is 3. The van der Waals surface area contributed by atoms with Gasteiger partial charge in [0.25, 0.3) is 10.0 Å². The number of aromatic nitrogens is 1. The highest BCUT2D eigenvalue weighted by Gasteiger charge is 2.39. The number of fused-ring (bicyclic) bond motifs is 1. The molecule has 25 heavy (non-hydrogen) atoms. The van der Waals surface area contributed by atoms with Gasteiger partial charge >= 0.3 is 13.3 Å². The maximum Gasteiger partial charge on any atom is 0.491 e. The number of pyridine rings is 1. The van der Waals surface area contributed by atoms with E-state index in [1.54, 1.807) is 0 Å². The molecule has 0 spiro atoms. The predicted molar refractivity (Wildman–Crippen MR) is 83.3 cm³/mol. The molecule has 132 valence electrons. The second-order valence-electron chi connectivity index (χ2n) is 5.30. The zero-order chi connectivity index (χ0) is 18.4. The van der Waals surface area contributed by atoms with E-state index in [9.17, 15) is 26.6 Å². The molecule has 0 saturated heterocycles. The second kappa shape index (κ2) is 5.90. The van der Waals surface area contributed by atoms with Crippen LogP contribution in [0.1, 0.15) is 11.1 Å². The minimum atomic E-state index is -4.95. The molecular formula is C13H11BF3N3O4S. The minimum absolute atomic E-state index is 0.0324. The summed E-state index contributed by atoms with van der Waals surface area (Å²) in [5.41, 5.74) is 4.45. The Kier molecular flexibility index (Phi) is 4.13. The van der Waals surface area contributed by atoms with E-state index in [0.717, 1.165) is 6.20 Å². The van der Waals surface area contributed by atoms with Crippen molar-refractivity contribution in [1.82, 2.24) is 4.98 Å². The zero-order valence-corrected chi connectivity index (χ0v) is 13.2. The number of hydrogen-bond donors (Lipinski definition) is 3. The summed E-state index contributed by atoms with van der Waals surface area (Å²) in [4.78, 5) is 3.33. The van der Waals surface area contributed by atoms with E-state index in [2.05, 4.69) is 4.98 Å². The normalized spacial score (nSPS) is 14.5. The summed E-state index contributed by atoms with van der Waals surface area (Å²) in [5, 5.41) is 8.44. The highest BCUT2D eigenvalue weighted by atomic mass is 32.2. The summed E-state index contributed by atoms with van der Waals surface area (Å²) in [6.07, 6.45) is -4.13. The molecule has 0 saturated carbocycles. The van der Waals surface area contributed by atoms with Gasteiger partial charge in [-0.15, -0.1) is 0 Å². The van der Waals surface area contributed by atoms with Crippen molar-refractivity contribution in [3.63, 3.8) is 0 Å². The van der Waals surface area contributed by atoms with E-state index >= 15 is 0 Å². The van der Waals surface area contributed by atoms with Gasteiger partial charge in [0.05, 0.1) is 24.1 Å². The number of halogens is 3.